The number of ether oxygens (including phenoxy) is 3. The highest BCUT2D eigenvalue weighted by Gasteiger charge is 2.54. The van der Waals surface area contributed by atoms with Crippen molar-refractivity contribution in [3.05, 3.63) is 35.1 Å². The van der Waals surface area contributed by atoms with Gasteiger partial charge in [-0.3, -0.25) is 9.59 Å². The lowest BCUT2D eigenvalue weighted by atomic mass is 9.77. The molecule has 1 aromatic carbocycles. The van der Waals surface area contributed by atoms with Gasteiger partial charge in [-0.15, -0.1) is 0 Å². The van der Waals surface area contributed by atoms with Crippen molar-refractivity contribution < 1.29 is 32.2 Å². The van der Waals surface area contributed by atoms with Crippen molar-refractivity contribution in [2.45, 2.75) is 63.6 Å². The molecule has 0 aromatic heterocycles. The minimum absolute atomic E-state index is 0.0337. The van der Waals surface area contributed by atoms with Gasteiger partial charge in [0.15, 0.2) is 32.9 Å². The van der Waals surface area contributed by atoms with Crippen LogP contribution in [0.4, 0.5) is 0 Å². The predicted molar refractivity (Wildman–Crippen MR) is 124 cm³/mol. The fraction of sp³-hybridized carbons (Fsp3) is 0.600. The molecule has 3 aliphatic heterocycles. The molecule has 8 nitrogen and oxygen atoms in total. The first-order chi connectivity index (χ1) is 16.3. The molecular weight excluding hydrogens is 458 g/mol. The number of carbonyl (C=O) groups is 2. The van der Waals surface area contributed by atoms with Crippen molar-refractivity contribution in [2.24, 2.45) is 5.92 Å². The van der Waals surface area contributed by atoms with E-state index in [-0.39, 0.29) is 41.0 Å². The van der Waals surface area contributed by atoms with Gasteiger partial charge < -0.3 is 19.1 Å². The number of methoxy groups -OCH3 is 1. The zero-order valence-corrected chi connectivity index (χ0v) is 20.4. The molecule has 1 saturated carbocycles. The Kier molecular flexibility index (Phi) is 6.08. The predicted octanol–water partition coefficient (Wildman–Crippen LogP) is 2.97. The summed E-state index contributed by atoms with van der Waals surface area (Å²) in [4.78, 5) is 28.9. The Hall–Kier alpha value is -2.55. The van der Waals surface area contributed by atoms with E-state index in [1.54, 1.807) is 24.1 Å². The lowest BCUT2D eigenvalue weighted by Gasteiger charge is -2.35. The summed E-state index contributed by atoms with van der Waals surface area (Å²) in [6.45, 7) is 2.55. The second kappa shape index (κ2) is 8.91. The minimum Gasteiger partial charge on any atom is -0.493 e. The molecule has 1 aliphatic carbocycles. The maximum atomic E-state index is 13.7. The Morgan fingerprint density at radius 3 is 2.62 bits per heavy atom. The molecule has 1 saturated heterocycles. The lowest BCUT2D eigenvalue weighted by Crippen LogP contribution is -2.41. The normalized spacial score (nSPS) is 30.1. The number of sulfone groups is 1. The van der Waals surface area contributed by atoms with Crippen molar-refractivity contribution in [3.8, 4) is 11.5 Å². The van der Waals surface area contributed by atoms with E-state index in [9.17, 15) is 18.0 Å². The van der Waals surface area contributed by atoms with Crippen LogP contribution in [0.3, 0.4) is 0 Å². The van der Waals surface area contributed by atoms with Crippen LogP contribution >= 0.6 is 0 Å². The molecule has 4 atom stereocenters. The Balaban J connectivity index is 1.59. The molecule has 1 aromatic rings. The first-order valence-corrected chi connectivity index (χ1v) is 14.0. The third kappa shape index (κ3) is 3.87. The van der Waals surface area contributed by atoms with Crippen LogP contribution in [0, 0.1) is 5.92 Å². The molecule has 0 bridgehead atoms. The molecule has 5 rings (SSSR count). The van der Waals surface area contributed by atoms with Gasteiger partial charge in [0.1, 0.15) is 6.10 Å². The van der Waals surface area contributed by atoms with Crippen molar-refractivity contribution in [3.63, 3.8) is 0 Å². The number of hydrogen-bond acceptors (Lipinski definition) is 7. The molecule has 1 amide bonds. The first-order valence-electron chi connectivity index (χ1n) is 12.1. The zero-order valence-electron chi connectivity index (χ0n) is 19.6. The van der Waals surface area contributed by atoms with Crippen LogP contribution in [0.5, 0.6) is 11.5 Å². The number of benzene rings is 1. The summed E-state index contributed by atoms with van der Waals surface area (Å²) in [5.41, 5.74) is 1.05. The van der Waals surface area contributed by atoms with E-state index in [4.69, 9.17) is 14.2 Å². The van der Waals surface area contributed by atoms with Gasteiger partial charge in [0.25, 0.3) is 5.91 Å². The third-order valence-electron chi connectivity index (χ3n) is 7.37. The molecule has 4 aliphatic rings. The van der Waals surface area contributed by atoms with Gasteiger partial charge in [-0.2, -0.15) is 0 Å². The smallest absolute Gasteiger partial charge is 0.290 e. The second-order valence-corrected chi connectivity index (χ2v) is 11.8. The van der Waals surface area contributed by atoms with Crippen molar-refractivity contribution in [1.29, 1.82) is 0 Å². The number of hydrogen-bond donors (Lipinski definition) is 0. The number of carbonyl (C=O) groups excluding carboxylic acids is 2. The number of nitrogens with zero attached hydrogens (tertiary/aromatic N) is 1. The molecule has 4 unspecified atom stereocenters. The molecule has 0 radical (unpaired) electrons. The fourth-order valence-electron chi connectivity index (χ4n) is 5.75. The number of ketones is 1. The number of Topliss-reactive ketones (excluding diaryl/α,β-unsaturated/α-hetero) is 1. The molecule has 184 valence electrons. The summed E-state index contributed by atoms with van der Waals surface area (Å²) in [6, 6.07) is 4.20. The van der Waals surface area contributed by atoms with Crippen LogP contribution in [-0.2, 0) is 24.2 Å². The standard InChI is InChI=1S/C25H31NO7S/c1-3-11-32-19-9-8-15(13-20(19)31-2)22-21-23(27)17-6-4-5-7-18(17)33-24(21)25(28)26(22)16-10-12-34(29,30)14-16/h8-9,13,16-18,22H,3-7,10-12,14H2,1-2H3. The van der Waals surface area contributed by atoms with Gasteiger partial charge >= 0.3 is 0 Å². The highest BCUT2D eigenvalue weighted by molar-refractivity contribution is 7.91. The third-order valence-corrected chi connectivity index (χ3v) is 9.12. The average molecular weight is 490 g/mol. The maximum absolute atomic E-state index is 13.7. The van der Waals surface area contributed by atoms with Crippen LogP contribution in [0.2, 0.25) is 0 Å². The van der Waals surface area contributed by atoms with Crippen LogP contribution in [0.25, 0.3) is 0 Å². The Morgan fingerprint density at radius 1 is 1.12 bits per heavy atom. The lowest BCUT2D eigenvalue weighted by molar-refractivity contribution is -0.136. The quantitative estimate of drug-likeness (QED) is 0.606. The highest BCUT2D eigenvalue weighted by Crippen LogP contribution is 2.49. The van der Waals surface area contributed by atoms with Gasteiger partial charge in [-0.25, -0.2) is 8.42 Å². The summed E-state index contributed by atoms with van der Waals surface area (Å²) < 4.78 is 42.1. The molecule has 0 N–H and O–H groups in total. The van der Waals surface area contributed by atoms with E-state index in [1.165, 1.54) is 0 Å². The Labute approximate surface area is 200 Å². The van der Waals surface area contributed by atoms with Gasteiger partial charge in [-0.1, -0.05) is 19.4 Å². The zero-order chi connectivity index (χ0) is 24.0. The summed E-state index contributed by atoms with van der Waals surface area (Å²) in [7, 11) is -1.69. The van der Waals surface area contributed by atoms with Gasteiger partial charge in [0, 0.05) is 6.04 Å². The van der Waals surface area contributed by atoms with Gasteiger partial charge in [0.2, 0.25) is 0 Å². The molecule has 34 heavy (non-hydrogen) atoms. The maximum Gasteiger partial charge on any atom is 0.290 e. The topological polar surface area (TPSA) is 99.2 Å². The summed E-state index contributed by atoms with van der Waals surface area (Å²) in [5.74, 6) is 0.434. The van der Waals surface area contributed by atoms with E-state index >= 15 is 0 Å². The van der Waals surface area contributed by atoms with Gasteiger partial charge in [0.05, 0.1) is 42.8 Å². The minimum atomic E-state index is -3.24. The van der Waals surface area contributed by atoms with E-state index in [0.29, 0.717) is 35.7 Å². The number of amides is 1. The Morgan fingerprint density at radius 2 is 1.91 bits per heavy atom. The number of fused-ring (bicyclic) bond motifs is 1. The van der Waals surface area contributed by atoms with Crippen molar-refractivity contribution in [2.75, 3.05) is 25.2 Å². The SMILES string of the molecule is CCCOc1ccc(C2C3=C(OC4CCCCC4C3=O)C(=O)N2C2CCS(=O)(=O)C2)cc1OC. The van der Waals surface area contributed by atoms with Crippen LogP contribution < -0.4 is 9.47 Å². The molecule has 0 spiro atoms. The van der Waals surface area contributed by atoms with Gasteiger partial charge in [-0.05, 0) is 49.8 Å². The second-order valence-electron chi connectivity index (χ2n) is 9.58. The van der Waals surface area contributed by atoms with Crippen molar-refractivity contribution in [1.82, 2.24) is 4.90 Å². The number of rotatable bonds is 6. The van der Waals surface area contributed by atoms with Crippen LogP contribution in [0.1, 0.15) is 57.1 Å². The van der Waals surface area contributed by atoms with E-state index in [0.717, 1.165) is 32.1 Å². The highest BCUT2D eigenvalue weighted by atomic mass is 32.2. The van der Waals surface area contributed by atoms with Crippen molar-refractivity contribution >= 4 is 21.5 Å². The molecule has 2 fully saturated rings. The average Bonchev–Trinajstić information content (AvgIpc) is 3.34. The van der Waals surface area contributed by atoms with Crippen LogP contribution in [0.15, 0.2) is 29.5 Å². The van der Waals surface area contributed by atoms with Crippen LogP contribution in [-0.4, -0.2) is 62.4 Å². The molecule has 3 heterocycles. The summed E-state index contributed by atoms with van der Waals surface area (Å²) >= 11 is 0. The van der Waals surface area contributed by atoms with E-state index in [2.05, 4.69) is 0 Å². The first kappa shape index (κ1) is 23.2. The van der Waals surface area contributed by atoms with E-state index < -0.39 is 21.9 Å². The molecule has 9 heteroatoms. The monoisotopic (exact) mass is 489 g/mol. The summed E-state index contributed by atoms with van der Waals surface area (Å²) in [6.07, 6.45) is 4.33. The molecular formula is C25H31NO7S. The fourth-order valence-corrected chi connectivity index (χ4v) is 7.46. The Bertz CT molecular complexity index is 1140. The summed E-state index contributed by atoms with van der Waals surface area (Å²) in [5, 5.41) is 0. The largest absolute Gasteiger partial charge is 0.493 e. The van der Waals surface area contributed by atoms with E-state index in [1.807, 2.05) is 13.0 Å².